The maximum atomic E-state index is 13.4. The molecule has 1 amide bonds. The molecule has 164 valence electrons. The summed E-state index contributed by atoms with van der Waals surface area (Å²) in [5, 5.41) is 3.55. The van der Waals surface area contributed by atoms with Gasteiger partial charge < -0.3 is 19.7 Å². The van der Waals surface area contributed by atoms with Gasteiger partial charge in [-0.3, -0.25) is 4.79 Å². The number of aromatic nitrogens is 1. The lowest BCUT2D eigenvalue weighted by molar-refractivity contribution is 0.0942. The van der Waals surface area contributed by atoms with Crippen molar-refractivity contribution in [1.82, 2.24) is 10.3 Å². The van der Waals surface area contributed by atoms with Gasteiger partial charge in [-0.15, -0.1) is 11.8 Å². The normalized spacial score (nSPS) is 10.8. The van der Waals surface area contributed by atoms with E-state index in [2.05, 4.69) is 17.1 Å². The Balaban J connectivity index is 2.36. The summed E-state index contributed by atoms with van der Waals surface area (Å²) < 4.78 is 24.0. The first kappa shape index (κ1) is 24.1. The monoisotopic (exact) mass is 435 g/mol. The Morgan fingerprint density at radius 1 is 1.23 bits per heavy atom. The minimum Gasteiger partial charge on any atom is -0.383 e. The SMILES string of the molecule is CCSc1nc(N(CC)CCOC)cc(COC)c1C(=O)NCc1cccc(F)c1. The summed E-state index contributed by atoms with van der Waals surface area (Å²) in [4.78, 5) is 20.0. The van der Waals surface area contributed by atoms with E-state index in [0.717, 1.165) is 23.7 Å². The van der Waals surface area contributed by atoms with E-state index in [9.17, 15) is 9.18 Å². The van der Waals surface area contributed by atoms with E-state index in [4.69, 9.17) is 14.5 Å². The molecular formula is C22H30FN3O3S. The van der Waals surface area contributed by atoms with Crippen LogP contribution in [0.3, 0.4) is 0 Å². The quantitative estimate of drug-likeness (QED) is 0.511. The van der Waals surface area contributed by atoms with E-state index in [0.29, 0.717) is 29.3 Å². The molecule has 1 aromatic carbocycles. The molecule has 1 heterocycles. The number of halogens is 1. The van der Waals surface area contributed by atoms with Crippen molar-refractivity contribution in [3.8, 4) is 0 Å². The van der Waals surface area contributed by atoms with Gasteiger partial charge in [0, 0.05) is 33.9 Å². The van der Waals surface area contributed by atoms with Gasteiger partial charge in [-0.2, -0.15) is 0 Å². The molecule has 30 heavy (non-hydrogen) atoms. The number of methoxy groups -OCH3 is 2. The third kappa shape index (κ3) is 6.68. The minimum absolute atomic E-state index is 0.232. The molecule has 0 atom stereocenters. The molecule has 0 saturated carbocycles. The number of carbonyl (C=O) groups excluding carboxylic acids is 1. The van der Waals surface area contributed by atoms with E-state index < -0.39 is 0 Å². The van der Waals surface area contributed by atoms with Gasteiger partial charge in [-0.25, -0.2) is 9.37 Å². The molecule has 0 radical (unpaired) electrons. The highest BCUT2D eigenvalue weighted by Gasteiger charge is 2.21. The smallest absolute Gasteiger partial charge is 0.254 e. The van der Waals surface area contributed by atoms with Gasteiger partial charge in [0.2, 0.25) is 0 Å². The lowest BCUT2D eigenvalue weighted by atomic mass is 10.1. The number of thioether (sulfide) groups is 1. The second-order valence-electron chi connectivity index (χ2n) is 6.57. The van der Waals surface area contributed by atoms with Crippen molar-refractivity contribution >= 4 is 23.5 Å². The van der Waals surface area contributed by atoms with Crippen LogP contribution < -0.4 is 10.2 Å². The standard InChI is InChI=1S/C22H30FN3O3S/c1-5-26(10-11-28-3)19-13-17(15-29-4)20(22(25-19)30-6-2)21(27)24-14-16-8-7-9-18(23)12-16/h7-9,12-13H,5-6,10-11,14-15H2,1-4H3,(H,24,27). The summed E-state index contributed by atoms with van der Waals surface area (Å²) in [6.07, 6.45) is 0. The van der Waals surface area contributed by atoms with Crippen molar-refractivity contribution < 1.29 is 18.7 Å². The van der Waals surface area contributed by atoms with Gasteiger partial charge in [0.1, 0.15) is 16.7 Å². The maximum Gasteiger partial charge on any atom is 0.254 e. The van der Waals surface area contributed by atoms with E-state index in [-0.39, 0.29) is 24.9 Å². The van der Waals surface area contributed by atoms with Crippen LogP contribution in [-0.4, -0.2) is 50.6 Å². The van der Waals surface area contributed by atoms with Gasteiger partial charge in [0.25, 0.3) is 5.91 Å². The average Bonchev–Trinajstić information content (AvgIpc) is 2.73. The first-order valence-corrected chi connectivity index (χ1v) is 10.9. The van der Waals surface area contributed by atoms with Crippen LogP contribution in [0.2, 0.25) is 0 Å². The summed E-state index contributed by atoms with van der Waals surface area (Å²) in [7, 11) is 3.27. The second-order valence-corrected chi connectivity index (χ2v) is 7.82. The zero-order chi connectivity index (χ0) is 21.9. The highest BCUT2D eigenvalue weighted by Crippen LogP contribution is 2.28. The van der Waals surface area contributed by atoms with Crippen molar-refractivity contribution in [3.63, 3.8) is 0 Å². The molecule has 6 nitrogen and oxygen atoms in total. The third-order valence-electron chi connectivity index (χ3n) is 4.48. The molecule has 1 aromatic heterocycles. The van der Waals surface area contributed by atoms with E-state index in [1.807, 2.05) is 13.0 Å². The summed E-state index contributed by atoms with van der Waals surface area (Å²) in [6, 6.07) is 8.09. The third-order valence-corrected chi connectivity index (χ3v) is 5.33. The number of carbonyl (C=O) groups is 1. The number of nitrogens with zero attached hydrogens (tertiary/aromatic N) is 2. The Morgan fingerprint density at radius 2 is 2.03 bits per heavy atom. The van der Waals surface area contributed by atoms with Crippen molar-refractivity contribution in [3.05, 3.63) is 52.8 Å². The summed E-state index contributed by atoms with van der Waals surface area (Å²) >= 11 is 1.51. The molecular weight excluding hydrogens is 405 g/mol. The Kier molecular flexibility index (Phi) is 10.1. The first-order chi connectivity index (χ1) is 14.5. The van der Waals surface area contributed by atoms with Gasteiger partial charge in [0.05, 0.1) is 18.8 Å². The predicted molar refractivity (Wildman–Crippen MR) is 119 cm³/mol. The number of pyridine rings is 1. The average molecular weight is 436 g/mol. The Labute approximate surface area is 182 Å². The number of anilines is 1. The molecule has 0 fully saturated rings. The summed E-state index contributed by atoms with van der Waals surface area (Å²) in [5.74, 6) is 0.989. The first-order valence-electron chi connectivity index (χ1n) is 9.96. The number of rotatable bonds is 12. The zero-order valence-electron chi connectivity index (χ0n) is 18.0. The van der Waals surface area contributed by atoms with E-state index >= 15 is 0 Å². The highest BCUT2D eigenvalue weighted by atomic mass is 32.2. The van der Waals surface area contributed by atoms with Crippen LogP contribution in [0.5, 0.6) is 0 Å². The molecule has 0 spiro atoms. The van der Waals surface area contributed by atoms with Crippen LogP contribution in [0.15, 0.2) is 35.4 Å². The lowest BCUT2D eigenvalue weighted by Gasteiger charge is -2.24. The van der Waals surface area contributed by atoms with Crippen molar-refractivity contribution in [2.75, 3.05) is 44.6 Å². The Morgan fingerprint density at radius 3 is 2.67 bits per heavy atom. The number of hydrogen-bond acceptors (Lipinski definition) is 6. The molecule has 2 aromatic rings. The van der Waals surface area contributed by atoms with Crippen molar-refractivity contribution in [2.24, 2.45) is 0 Å². The molecule has 0 aliphatic carbocycles. The molecule has 0 aliphatic heterocycles. The van der Waals surface area contributed by atoms with Crippen molar-refractivity contribution in [1.29, 1.82) is 0 Å². The molecule has 1 N–H and O–H groups in total. The molecule has 8 heteroatoms. The van der Waals surface area contributed by atoms with Gasteiger partial charge in [-0.05, 0) is 42.0 Å². The van der Waals surface area contributed by atoms with Crippen LogP contribution >= 0.6 is 11.8 Å². The van der Waals surface area contributed by atoms with E-state index in [1.165, 1.54) is 23.9 Å². The number of ether oxygens (including phenoxy) is 2. The van der Waals surface area contributed by atoms with Gasteiger partial charge in [0.15, 0.2) is 0 Å². The molecule has 0 aliphatic rings. The highest BCUT2D eigenvalue weighted by molar-refractivity contribution is 7.99. The van der Waals surface area contributed by atoms with Crippen molar-refractivity contribution in [2.45, 2.75) is 32.0 Å². The van der Waals surface area contributed by atoms with Crippen LogP contribution in [0.1, 0.15) is 35.3 Å². The summed E-state index contributed by atoms with van der Waals surface area (Å²) in [6.45, 7) is 6.65. The fourth-order valence-electron chi connectivity index (χ4n) is 3.03. The number of hydrogen-bond donors (Lipinski definition) is 1. The second kappa shape index (κ2) is 12.5. The topological polar surface area (TPSA) is 63.7 Å². The fourth-order valence-corrected chi connectivity index (χ4v) is 3.83. The zero-order valence-corrected chi connectivity index (χ0v) is 18.9. The number of likely N-dealkylation sites (N-methyl/N-ethyl adjacent to an activating group) is 1. The van der Waals surface area contributed by atoms with Gasteiger partial charge >= 0.3 is 0 Å². The maximum absolute atomic E-state index is 13.4. The van der Waals surface area contributed by atoms with Crippen LogP contribution in [0.4, 0.5) is 10.2 Å². The molecule has 0 unspecified atom stereocenters. The molecule has 0 saturated heterocycles. The number of amides is 1. The van der Waals surface area contributed by atoms with Crippen LogP contribution in [-0.2, 0) is 22.6 Å². The van der Waals surface area contributed by atoms with E-state index in [1.54, 1.807) is 26.4 Å². The number of benzene rings is 1. The molecule has 2 rings (SSSR count). The van der Waals surface area contributed by atoms with Crippen LogP contribution in [0, 0.1) is 5.82 Å². The van der Waals surface area contributed by atoms with Gasteiger partial charge in [-0.1, -0.05) is 19.1 Å². The molecule has 0 bridgehead atoms. The van der Waals surface area contributed by atoms with Crippen LogP contribution in [0.25, 0.3) is 0 Å². The number of nitrogens with one attached hydrogen (secondary N) is 1. The lowest BCUT2D eigenvalue weighted by Crippen LogP contribution is -2.29. The largest absolute Gasteiger partial charge is 0.383 e. The summed E-state index contributed by atoms with van der Waals surface area (Å²) in [5.41, 5.74) is 1.97. The fraction of sp³-hybridized carbons (Fsp3) is 0.455. The Bertz CT molecular complexity index is 808. The Hall–Kier alpha value is -2.16. The predicted octanol–water partition coefficient (Wildman–Crippen LogP) is 3.88. The minimum atomic E-state index is -0.328.